The summed E-state index contributed by atoms with van der Waals surface area (Å²) in [6, 6.07) is 4.70. The van der Waals surface area contributed by atoms with Gasteiger partial charge in [0.15, 0.2) is 6.29 Å². The first kappa shape index (κ1) is 19.2. The summed E-state index contributed by atoms with van der Waals surface area (Å²) >= 11 is 0. The van der Waals surface area contributed by atoms with Crippen LogP contribution >= 0.6 is 0 Å². The predicted octanol–water partition coefficient (Wildman–Crippen LogP) is 6.13. The zero-order valence-corrected chi connectivity index (χ0v) is 15.7. The van der Waals surface area contributed by atoms with Crippen LogP contribution in [0.2, 0.25) is 0 Å². The molecule has 0 heterocycles. The van der Waals surface area contributed by atoms with Crippen molar-refractivity contribution in [3.05, 3.63) is 34.4 Å². The minimum Gasteiger partial charge on any atom is -0.349 e. The van der Waals surface area contributed by atoms with Crippen LogP contribution in [0.25, 0.3) is 0 Å². The largest absolute Gasteiger partial charge is 0.349 e. The van der Waals surface area contributed by atoms with E-state index in [4.69, 9.17) is 9.47 Å². The maximum absolute atomic E-state index is 5.93. The number of benzene rings is 1. The van der Waals surface area contributed by atoms with Gasteiger partial charge in [-0.05, 0) is 48.3 Å². The second kappa shape index (κ2) is 8.69. The predicted molar refractivity (Wildman–Crippen MR) is 94.7 cm³/mol. The van der Waals surface area contributed by atoms with Crippen molar-refractivity contribution in [2.24, 2.45) is 0 Å². The van der Waals surface area contributed by atoms with Gasteiger partial charge in [-0.3, -0.25) is 0 Å². The third kappa shape index (κ3) is 4.57. The molecule has 0 aliphatic heterocycles. The van der Waals surface area contributed by atoms with Gasteiger partial charge in [-0.15, -0.1) is 0 Å². The smallest absolute Gasteiger partial charge is 0.184 e. The van der Waals surface area contributed by atoms with Crippen molar-refractivity contribution >= 4 is 0 Å². The van der Waals surface area contributed by atoms with Gasteiger partial charge in [0, 0.05) is 18.8 Å². The van der Waals surface area contributed by atoms with Crippen LogP contribution < -0.4 is 0 Å². The summed E-state index contributed by atoms with van der Waals surface area (Å²) in [5.74, 6) is 1.44. The summed E-state index contributed by atoms with van der Waals surface area (Å²) in [5.41, 5.74) is 5.38. The molecular weight excluding hydrogens is 272 g/mol. The lowest BCUT2D eigenvalue weighted by molar-refractivity contribution is -0.141. The average Bonchev–Trinajstić information content (AvgIpc) is 2.45. The fourth-order valence-corrected chi connectivity index (χ4v) is 2.80. The molecule has 0 aliphatic rings. The molecule has 0 saturated heterocycles. The molecule has 0 fully saturated rings. The highest BCUT2D eigenvalue weighted by Gasteiger charge is 2.24. The fraction of sp³-hybridized carbons (Fsp3) is 0.700. The SMILES string of the molecule is CCOC(OCC)c1c(C(C)C)cc(C(C)C)cc1C(C)C. The Morgan fingerprint density at radius 3 is 1.41 bits per heavy atom. The van der Waals surface area contributed by atoms with Crippen molar-refractivity contribution in [1.29, 1.82) is 0 Å². The molecule has 1 aromatic carbocycles. The third-order valence-electron chi connectivity index (χ3n) is 4.05. The third-order valence-corrected chi connectivity index (χ3v) is 4.05. The molecule has 22 heavy (non-hydrogen) atoms. The number of ether oxygens (including phenoxy) is 2. The van der Waals surface area contributed by atoms with E-state index in [0.717, 1.165) is 0 Å². The van der Waals surface area contributed by atoms with Crippen LogP contribution in [0.1, 0.15) is 102 Å². The standard InChI is InChI=1S/C20H34O2/c1-9-21-20(22-10-2)19-17(14(5)6)11-16(13(3)4)12-18(19)15(7)8/h11-15,20H,9-10H2,1-8H3. The highest BCUT2D eigenvalue weighted by Crippen LogP contribution is 2.37. The minimum absolute atomic E-state index is 0.258. The first-order valence-corrected chi connectivity index (χ1v) is 8.74. The summed E-state index contributed by atoms with van der Waals surface area (Å²) in [6.45, 7) is 18.9. The van der Waals surface area contributed by atoms with Crippen LogP contribution in [-0.4, -0.2) is 13.2 Å². The summed E-state index contributed by atoms with van der Waals surface area (Å²) in [5, 5.41) is 0. The van der Waals surface area contributed by atoms with Crippen LogP contribution in [0.5, 0.6) is 0 Å². The molecule has 1 rings (SSSR count). The van der Waals surface area contributed by atoms with Crippen molar-refractivity contribution in [3.8, 4) is 0 Å². The molecule has 0 bridgehead atoms. The van der Waals surface area contributed by atoms with Gasteiger partial charge in [0.1, 0.15) is 0 Å². The second-order valence-corrected chi connectivity index (χ2v) is 6.82. The van der Waals surface area contributed by atoms with E-state index in [0.29, 0.717) is 31.0 Å². The molecule has 0 radical (unpaired) electrons. The van der Waals surface area contributed by atoms with Crippen LogP contribution in [0.4, 0.5) is 0 Å². The van der Waals surface area contributed by atoms with Gasteiger partial charge in [0.05, 0.1) is 0 Å². The highest BCUT2D eigenvalue weighted by molar-refractivity contribution is 5.44. The summed E-state index contributed by atoms with van der Waals surface area (Å²) < 4.78 is 11.9. The topological polar surface area (TPSA) is 18.5 Å². The number of rotatable bonds is 8. The Kier molecular flexibility index (Phi) is 7.58. The Morgan fingerprint density at radius 2 is 1.14 bits per heavy atom. The number of hydrogen-bond donors (Lipinski definition) is 0. The van der Waals surface area contributed by atoms with Gasteiger partial charge < -0.3 is 9.47 Å². The molecule has 126 valence electrons. The molecule has 0 N–H and O–H groups in total. The van der Waals surface area contributed by atoms with E-state index < -0.39 is 0 Å². The summed E-state index contributed by atoms with van der Waals surface area (Å²) in [7, 11) is 0. The normalized spacial score (nSPS) is 12.2. The fourth-order valence-electron chi connectivity index (χ4n) is 2.80. The first-order chi connectivity index (χ1) is 10.3. The second-order valence-electron chi connectivity index (χ2n) is 6.82. The molecule has 0 spiro atoms. The van der Waals surface area contributed by atoms with Gasteiger partial charge in [0.25, 0.3) is 0 Å². The van der Waals surface area contributed by atoms with Crippen molar-refractivity contribution < 1.29 is 9.47 Å². The first-order valence-electron chi connectivity index (χ1n) is 8.74. The van der Waals surface area contributed by atoms with E-state index >= 15 is 0 Å². The highest BCUT2D eigenvalue weighted by atomic mass is 16.7. The molecule has 0 atom stereocenters. The molecule has 2 heteroatoms. The molecular formula is C20H34O2. The van der Waals surface area contributed by atoms with E-state index in [2.05, 4.69) is 53.7 Å². The van der Waals surface area contributed by atoms with Gasteiger partial charge in [0.2, 0.25) is 0 Å². The molecule has 0 aromatic heterocycles. The Bertz CT molecular complexity index is 426. The van der Waals surface area contributed by atoms with Crippen molar-refractivity contribution in [2.75, 3.05) is 13.2 Å². The van der Waals surface area contributed by atoms with Gasteiger partial charge in [-0.1, -0.05) is 53.7 Å². The van der Waals surface area contributed by atoms with Crippen molar-refractivity contribution in [2.45, 2.75) is 79.4 Å². The Hall–Kier alpha value is -0.860. The molecule has 0 aliphatic carbocycles. The van der Waals surface area contributed by atoms with E-state index in [1.165, 1.54) is 22.3 Å². The Balaban J connectivity index is 3.55. The quantitative estimate of drug-likeness (QED) is 0.538. The van der Waals surface area contributed by atoms with E-state index in [1.54, 1.807) is 0 Å². The van der Waals surface area contributed by atoms with Crippen LogP contribution in [0.3, 0.4) is 0 Å². The summed E-state index contributed by atoms with van der Waals surface area (Å²) in [4.78, 5) is 0. The molecule has 0 saturated carbocycles. The average molecular weight is 306 g/mol. The summed E-state index contributed by atoms with van der Waals surface area (Å²) in [6.07, 6.45) is -0.258. The van der Waals surface area contributed by atoms with Crippen molar-refractivity contribution in [3.63, 3.8) is 0 Å². The monoisotopic (exact) mass is 306 g/mol. The molecule has 1 aromatic rings. The maximum Gasteiger partial charge on any atom is 0.184 e. The van der Waals surface area contributed by atoms with Crippen LogP contribution in [0, 0.1) is 0 Å². The number of hydrogen-bond acceptors (Lipinski definition) is 2. The van der Waals surface area contributed by atoms with Gasteiger partial charge >= 0.3 is 0 Å². The lowest BCUT2D eigenvalue weighted by Crippen LogP contribution is -2.16. The van der Waals surface area contributed by atoms with Crippen LogP contribution in [-0.2, 0) is 9.47 Å². The van der Waals surface area contributed by atoms with E-state index in [1.807, 2.05) is 13.8 Å². The maximum atomic E-state index is 5.93. The minimum atomic E-state index is -0.258. The Morgan fingerprint density at radius 1 is 0.727 bits per heavy atom. The van der Waals surface area contributed by atoms with Crippen LogP contribution in [0.15, 0.2) is 12.1 Å². The molecule has 0 amide bonds. The van der Waals surface area contributed by atoms with Gasteiger partial charge in [-0.25, -0.2) is 0 Å². The lowest BCUT2D eigenvalue weighted by Gasteiger charge is -2.28. The van der Waals surface area contributed by atoms with E-state index in [-0.39, 0.29) is 6.29 Å². The zero-order chi connectivity index (χ0) is 16.9. The van der Waals surface area contributed by atoms with Gasteiger partial charge in [-0.2, -0.15) is 0 Å². The van der Waals surface area contributed by atoms with E-state index in [9.17, 15) is 0 Å². The molecule has 0 unspecified atom stereocenters. The van der Waals surface area contributed by atoms with Crippen molar-refractivity contribution in [1.82, 2.24) is 0 Å². The lowest BCUT2D eigenvalue weighted by atomic mass is 9.84. The Labute approximate surface area is 137 Å². The zero-order valence-electron chi connectivity index (χ0n) is 15.7. The molecule has 2 nitrogen and oxygen atoms in total.